The number of carbonyl (C=O) groups excluding carboxylic acids is 1. The molecule has 7 nitrogen and oxygen atoms in total. The van der Waals surface area contributed by atoms with Crippen molar-refractivity contribution < 1.29 is 14.7 Å². The lowest BCUT2D eigenvalue weighted by Crippen LogP contribution is -2.22. The Morgan fingerprint density at radius 1 is 1.06 bits per heavy atom. The van der Waals surface area contributed by atoms with E-state index in [1.807, 2.05) is 26.0 Å². The minimum absolute atomic E-state index is 0.186. The Bertz CT molecular complexity index is 1490. The van der Waals surface area contributed by atoms with E-state index in [-0.39, 0.29) is 11.5 Å². The summed E-state index contributed by atoms with van der Waals surface area (Å²) in [5.74, 6) is -1.23. The van der Waals surface area contributed by atoms with Gasteiger partial charge in [0.15, 0.2) is 0 Å². The number of aromatic carboxylic acids is 1. The van der Waals surface area contributed by atoms with E-state index < -0.39 is 11.2 Å². The van der Waals surface area contributed by atoms with Crippen LogP contribution in [0.15, 0.2) is 65.7 Å². The maximum Gasteiger partial charge on any atom is 0.336 e. The lowest BCUT2D eigenvalue weighted by molar-refractivity contribution is -0.115. The molecule has 0 fully saturated rings. The maximum atomic E-state index is 12.8. The van der Waals surface area contributed by atoms with E-state index in [0.717, 1.165) is 16.8 Å². The van der Waals surface area contributed by atoms with Gasteiger partial charge in [-0.2, -0.15) is 5.26 Å². The molecule has 0 saturated carbocycles. The van der Waals surface area contributed by atoms with Crippen molar-refractivity contribution in [2.24, 2.45) is 0 Å². The van der Waals surface area contributed by atoms with Crippen LogP contribution in [0.4, 0.5) is 5.69 Å². The van der Waals surface area contributed by atoms with E-state index in [1.165, 1.54) is 11.8 Å². The number of hydrogen-bond acceptors (Lipinski definition) is 6. The van der Waals surface area contributed by atoms with Crippen LogP contribution in [-0.4, -0.2) is 32.2 Å². The molecule has 0 aliphatic rings. The van der Waals surface area contributed by atoms with Crippen molar-refractivity contribution in [1.82, 2.24) is 9.97 Å². The lowest BCUT2D eigenvalue weighted by atomic mass is 10.0. The third kappa shape index (κ3) is 5.15. The van der Waals surface area contributed by atoms with Crippen molar-refractivity contribution in [3.05, 3.63) is 83.0 Å². The third-order valence-electron chi connectivity index (χ3n) is 5.48. The van der Waals surface area contributed by atoms with Crippen LogP contribution in [0.25, 0.3) is 22.2 Å². The summed E-state index contributed by atoms with van der Waals surface area (Å²) in [6, 6.07) is 19.8. The number of aryl methyl sites for hydroxylation is 2. The third-order valence-corrected chi connectivity index (χ3v) is 6.56. The SMILES string of the molecule is Cc1cc(C)c(C#N)c(SC(C)C(=O)Nc2ccc(-c3cc(C(=O)O)c4ccccc4n3)cc2)n1. The number of para-hydroxylation sites is 1. The van der Waals surface area contributed by atoms with Gasteiger partial charge in [-0.1, -0.05) is 42.1 Å². The number of rotatable bonds is 6. The van der Waals surface area contributed by atoms with Crippen LogP contribution in [0, 0.1) is 25.2 Å². The monoisotopic (exact) mass is 482 g/mol. The van der Waals surface area contributed by atoms with Gasteiger partial charge in [-0.05, 0) is 56.7 Å². The summed E-state index contributed by atoms with van der Waals surface area (Å²) >= 11 is 1.24. The van der Waals surface area contributed by atoms with E-state index in [2.05, 4.69) is 21.4 Å². The highest BCUT2D eigenvalue weighted by Crippen LogP contribution is 2.29. The van der Waals surface area contributed by atoms with Crippen molar-refractivity contribution in [3.8, 4) is 17.3 Å². The van der Waals surface area contributed by atoms with Gasteiger partial charge in [0.1, 0.15) is 11.1 Å². The van der Waals surface area contributed by atoms with Crippen molar-refractivity contribution in [3.63, 3.8) is 0 Å². The van der Waals surface area contributed by atoms with Crippen LogP contribution in [0.3, 0.4) is 0 Å². The van der Waals surface area contributed by atoms with Crippen molar-refractivity contribution >= 4 is 40.2 Å². The molecule has 1 amide bonds. The van der Waals surface area contributed by atoms with Gasteiger partial charge >= 0.3 is 5.97 Å². The van der Waals surface area contributed by atoms with Crippen LogP contribution in [-0.2, 0) is 4.79 Å². The molecule has 0 aliphatic carbocycles. The number of aromatic nitrogens is 2. The van der Waals surface area contributed by atoms with Gasteiger partial charge in [0.2, 0.25) is 5.91 Å². The summed E-state index contributed by atoms with van der Waals surface area (Å²) in [5, 5.41) is 22.6. The zero-order valence-electron chi connectivity index (χ0n) is 19.4. The summed E-state index contributed by atoms with van der Waals surface area (Å²) in [6.07, 6.45) is 0. The lowest BCUT2D eigenvalue weighted by Gasteiger charge is -2.14. The van der Waals surface area contributed by atoms with Gasteiger partial charge in [0, 0.05) is 22.3 Å². The standard InChI is InChI=1S/C27H22N4O3S/c1-15-12-16(2)29-26(22(15)14-28)35-17(3)25(32)30-19-10-8-18(9-11-19)24-13-21(27(33)34)20-6-4-5-7-23(20)31-24/h4-13,17H,1-3H3,(H,30,32)(H,33,34). The Morgan fingerprint density at radius 2 is 1.77 bits per heavy atom. The van der Waals surface area contributed by atoms with Crippen LogP contribution in [0.5, 0.6) is 0 Å². The quantitative estimate of drug-likeness (QED) is 0.344. The Balaban J connectivity index is 1.52. The summed E-state index contributed by atoms with van der Waals surface area (Å²) < 4.78 is 0. The minimum atomic E-state index is -1.02. The number of nitrogens with zero attached hydrogens (tertiary/aromatic N) is 3. The number of carboxylic acids is 1. The highest BCUT2D eigenvalue weighted by atomic mass is 32.2. The number of benzene rings is 2. The first kappa shape index (κ1) is 23.9. The first-order chi connectivity index (χ1) is 16.8. The maximum absolute atomic E-state index is 12.8. The fourth-order valence-corrected chi connectivity index (χ4v) is 4.74. The minimum Gasteiger partial charge on any atom is -0.478 e. The topological polar surface area (TPSA) is 116 Å². The number of hydrogen-bond donors (Lipinski definition) is 2. The highest BCUT2D eigenvalue weighted by molar-refractivity contribution is 8.00. The fourth-order valence-electron chi connectivity index (χ4n) is 3.71. The van der Waals surface area contributed by atoms with E-state index in [4.69, 9.17) is 0 Å². The highest BCUT2D eigenvalue weighted by Gasteiger charge is 2.19. The van der Waals surface area contributed by atoms with Gasteiger partial charge in [0.25, 0.3) is 0 Å². The molecule has 0 bridgehead atoms. The van der Waals surface area contributed by atoms with Crippen LogP contribution < -0.4 is 5.32 Å². The molecule has 0 spiro atoms. The molecule has 2 heterocycles. The number of anilines is 1. The number of nitrogens with one attached hydrogen (secondary N) is 1. The molecule has 2 aromatic carbocycles. The van der Waals surface area contributed by atoms with Crippen molar-refractivity contribution in [2.45, 2.75) is 31.0 Å². The van der Waals surface area contributed by atoms with E-state index in [1.54, 1.807) is 55.5 Å². The molecule has 2 N–H and O–H groups in total. The second-order valence-electron chi connectivity index (χ2n) is 8.08. The zero-order valence-corrected chi connectivity index (χ0v) is 20.2. The second-order valence-corrected chi connectivity index (χ2v) is 9.41. The first-order valence-corrected chi connectivity index (χ1v) is 11.7. The Kier molecular flexibility index (Phi) is 6.80. The number of thioether (sulfide) groups is 1. The average Bonchev–Trinajstić information content (AvgIpc) is 2.83. The van der Waals surface area contributed by atoms with Gasteiger partial charge in [-0.25, -0.2) is 14.8 Å². The van der Waals surface area contributed by atoms with Gasteiger partial charge in [0.05, 0.1) is 27.6 Å². The molecule has 4 rings (SSSR count). The molecule has 1 unspecified atom stereocenters. The summed E-state index contributed by atoms with van der Waals surface area (Å²) in [5.41, 5.74) is 4.75. The second kappa shape index (κ2) is 9.95. The van der Waals surface area contributed by atoms with Gasteiger partial charge in [-0.3, -0.25) is 4.79 Å². The molecule has 0 saturated heterocycles. The van der Waals surface area contributed by atoms with Crippen molar-refractivity contribution in [2.75, 3.05) is 5.32 Å². The molecule has 4 aromatic rings. The largest absolute Gasteiger partial charge is 0.478 e. The Labute approximate surface area is 206 Å². The first-order valence-electron chi connectivity index (χ1n) is 10.9. The van der Waals surface area contributed by atoms with Gasteiger partial charge in [-0.15, -0.1) is 0 Å². The number of pyridine rings is 2. The zero-order chi connectivity index (χ0) is 25.1. The predicted molar refractivity (Wildman–Crippen MR) is 137 cm³/mol. The number of nitriles is 1. The number of carbonyl (C=O) groups is 2. The molecule has 174 valence electrons. The molecule has 2 aromatic heterocycles. The normalized spacial score (nSPS) is 11.6. The predicted octanol–water partition coefficient (Wildman–Crippen LogP) is 5.60. The molecule has 8 heteroatoms. The number of carboxylic acid groups (broad SMARTS) is 1. The molecular weight excluding hydrogens is 460 g/mol. The average molecular weight is 483 g/mol. The molecule has 35 heavy (non-hydrogen) atoms. The Hall–Kier alpha value is -4.22. The van der Waals surface area contributed by atoms with Crippen LogP contribution in [0.1, 0.15) is 34.1 Å². The molecule has 0 radical (unpaired) electrons. The van der Waals surface area contributed by atoms with E-state index in [0.29, 0.717) is 32.9 Å². The summed E-state index contributed by atoms with van der Waals surface area (Å²) in [6.45, 7) is 5.48. The molecular formula is C27H22N4O3S. The summed E-state index contributed by atoms with van der Waals surface area (Å²) in [7, 11) is 0. The van der Waals surface area contributed by atoms with Gasteiger partial charge < -0.3 is 10.4 Å². The van der Waals surface area contributed by atoms with Crippen molar-refractivity contribution in [1.29, 1.82) is 5.26 Å². The van der Waals surface area contributed by atoms with E-state index >= 15 is 0 Å². The van der Waals surface area contributed by atoms with Crippen LogP contribution >= 0.6 is 11.8 Å². The number of amides is 1. The molecule has 1 atom stereocenters. The fraction of sp³-hybridized carbons (Fsp3) is 0.148. The molecule has 0 aliphatic heterocycles. The van der Waals surface area contributed by atoms with E-state index in [9.17, 15) is 20.0 Å². The van der Waals surface area contributed by atoms with Crippen LogP contribution in [0.2, 0.25) is 0 Å². The summed E-state index contributed by atoms with van der Waals surface area (Å²) in [4.78, 5) is 33.6. The Morgan fingerprint density at radius 3 is 2.46 bits per heavy atom. The number of fused-ring (bicyclic) bond motifs is 1. The smallest absolute Gasteiger partial charge is 0.336 e.